The SMILES string of the molecule is COC(=O)CCc1cccc(-c2ccccc2)c1F. The summed E-state index contributed by atoms with van der Waals surface area (Å²) in [4.78, 5) is 11.1. The van der Waals surface area contributed by atoms with Gasteiger partial charge in [0.05, 0.1) is 7.11 Å². The van der Waals surface area contributed by atoms with Crippen molar-refractivity contribution in [3.63, 3.8) is 0 Å². The van der Waals surface area contributed by atoms with E-state index in [9.17, 15) is 9.18 Å². The molecule has 2 rings (SSSR count). The Morgan fingerprint density at radius 2 is 1.84 bits per heavy atom. The highest BCUT2D eigenvalue weighted by Crippen LogP contribution is 2.25. The first-order valence-corrected chi connectivity index (χ1v) is 6.12. The molecular formula is C16H15FO2. The van der Waals surface area contributed by atoms with Crippen LogP contribution in [0.4, 0.5) is 4.39 Å². The fourth-order valence-corrected chi connectivity index (χ4v) is 1.95. The topological polar surface area (TPSA) is 26.3 Å². The molecule has 0 aliphatic carbocycles. The van der Waals surface area contributed by atoms with Crippen molar-refractivity contribution in [2.24, 2.45) is 0 Å². The molecule has 0 saturated heterocycles. The predicted octanol–water partition coefficient (Wildman–Crippen LogP) is 3.60. The average Bonchev–Trinajstić information content (AvgIpc) is 2.46. The van der Waals surface area contributed by atoms with Gasteiger partial charge < -0.3 is 4.74 Å². The summed E-state index contributed by atoms with van der Waals surface area (Å²) in [5.41, 5.74) is 1.93. The Balaban J connectivity index is 2.26. The Labute approximate surface area is 111 Å². The number of methoxy groups -OCH3 is 1. The number of esters is 1. The number of rotatable bonds is 4. The number of hydrogen-bond donors (Lipinski definition) is 0. The summed E-state index contributed by atoms with van der Waals surface area (Å²) in [6.45, 7) is 0. The normalized spacial score (nSPS) is 10.2. The van der Waals surface area contributed by atoms with Crippen LogP contribution < -0.4 is 0 Å². The fourth-order valence-electron chi connectivity index (χ4n) is 1.95. The molecule has 0 atom stereocenters. The summed E-state index contributed by atoms with van der Waals surface area (Å²) >= 11 is 0. The zero-order valence-corrected chi connectivity index (χ0v) is 10.7. The average molecular weight is 258 g/mol. The molecule has 0 N–H and O–H groups in total. The molecule has 19 heavy (non-hydrogen) atoms. The summed E-state index contributed by atoms with van der Waals surface area (Å²) in [5.74, 6) is -0.595. The maximum atomic E-state index is 14.4. The van der Waals surface area contributed by atoms with Crippen LogP contribution in [0, 0.1) is 5.82 Å². The molecule has 2 aromatic carbocycles. The standard InChI is InChI=1S/C16H15FO2/c1-19-15(18)11-10-13-8-5-9-14(16(13)17)12-6-3-2-4-7-12/h2-9H,10-11H2,1H3. The lowest BCUT2D eigenvalue weighted by molar-refractivity contribution is -0.140. The van der Waals surface area contributed by atoms with E-state index in [1.807, 2.05) is 30.3 Å². The van der Waals surface area contributed by atoms with Crippen LogP contribution in [0.2, 0.25) is 0 Å². The molecule has 0 radical (unpaired) electrons. The minimum absolute atomic E-state index is 0.186. The van der Waals surface area contributed by atoms with Gasteiger partial charge in [-0.05, 0) is 17.5 Å². The van der Waals surface area contributed by atoms with E-state index in [-0.39, 0.29) is 18.2 Å². The number of carbonyl (C=O) groups is 1. The van der Waals surface area contributed by atoms with E-state index in [0.717, 1.165) is 5.56 Å². The van der Waals surface area contributed by atoms with Gasteiger partial charge in [-0.1, -0.05) is 48.5 Å². The zero-order valence-electron chi connectivity index (χ0n) is 10.7. The first kappa shape index (κ1) is 13.3. The Morgan fingerprint density at radius 3 is 2.53 bits per heavy atom. The van der Waals surface area contributed by atoms with Gasteiger partial charge in [0.25, 0.3) is 0 Å². The molecule has 0 bridgehead atoms. The molecule has 2 aromatic rings. The van der Waals surface area contributed by atoms with Crippen LogP contribution in [-0.4, -0.2) is 13.1 Å². The van der Waals surface area contributed by atoms with Crippen LogP contribution in [0.5, 0.6) is 0 Å². The molecule has 0 fully saturated rings. The first-order chi connectivity index (χ1) is 9.22. The lowest BCUT2D eigenvalue weighted by Gasteiger charge is -2.08. The lowest BCUT2D eigenvalue weighted by Crippen LogP contribution is -2.03. The molecule has 98 valence electrons. The monoisotopic (exact) mass is 258 g/mol. The van der Waals surface area contributed by atoms with E-state index in [4.69, 9.17) is 0 Å². The van der Waals surface area contributed by atoms with Gasteiger partial charge in [-0.2, -0.15) is 0 Å². The number of ether oxygens (including phenoxy) is 1. The van der Waals surface area contributed by atoms with Gasteiger partial charge in [0.2, 0.25) is 0 Å². The molecule has 0 aromatic heterocycles. The smallest absolute Gasteiger partial charge is 0.305 e. The number of benzene rings is 2. The van der Waals surface area contributed by atoms with Crippen LogP contribution in [0.15, 0.2) is 48.5 Å². The third-order valence-electron chi connectivity index (χ3n) is 2.99. The van der Waals surface area contributed by atoms with Gasteiger partial charge in [-0.25, -0.2) is 4.39 Å². The van der Waals surface area contributed by atoms with E-state index in [2.05, 4.69) is 4.74 Å². The zero-order chi connectivity index (χ0) is 13.7. The quantitative estimate of drug-likeness (QED) is 0.783. The second-order valence-corrected chi connectivity index (χ2v) is 4.22. The number of hydrogen-bond acceptors (Lipinski definition) is 2. The van der Waals surface area contributed by atoms with Gasteiger partial charge in [0.1, 0.15) is 5.82 Å². The van der Waals surface area contributed by atoms with Gasteiger partial charge >= 0.3 is 5.97 Å². The van der Waals surface area contributed by atoms with Crippen LogP contribution in [0.25, 0.3) is 11.1 Å². The summed E-state index contributed by atoms with van der Waals surface area (Å²) in [7, 11) is 1.33. The van der Waals surface area contributed by atoms with Gasteiger partial charge in [0.15, 0.2) is 0 Å². The molecule has 2 nitrogen and oxygen atoms in total. The van der Waals surface area contributed by atoms with Crippen molar-refractivity contribution in [1.82, 2.24) is 0 Å². The van der Waals surface area contributed by atoms with E-state index in [1.54, 1.807) is 18.2 Å². The molecule has 0 spiro atoms. The molecule has 0 heterocycles. The Bertz CT molecular complexity index is 564. The Morgan fingerprint density at radius 1 is 1.11 bits per heavy atom. The highest BCUT2D eigenvalue weighted by Gasteiger charge is 2.11. The minimum Gasteiger partial charge on any atom is -0.469 e. The molecular weight excluding hydrogens is 243 g/mol. The lowest BCUT2D eigenvalue weighted by atomic mass is 10.00. The third kappa shape index (κ3) is 3.19. The van der Waals surface area contributed by atoms with Crippen molar-refractivity contribution in [2.45, 2.75) is 12.8 Å². The Kier molecular flexibility index (Phi) is 4.29. The molecule has 0 aliphatic heterocycles. The number of halogens is 1. The highest BCUT2D eigenvalue weighted by molar-refractivity contribution is 5.70. The summed E-state index contributed by atoms with van der Waals surface area (Å²) in [5, 5.41) is 0. The largest absolute Gasteiger partial charge is 0.469 e. The van der Waals surface area contributed by atoms with E-state index < -0.39 is 0 Å². The van der Waals surface area contributed by atoms with E-state index in [0.29, 0.717) is 17.5 Å². The second kappa shape index (κ2) is 6.14. The van der Waals surface area contributed by atoms with Crippen LogP contribution in [0.1, 0.15) is 12.0 Å². The van der Waals surface area contributed by atoms with Gasteiger partial charge in [0, 0.05) is 12.0 Å². The fraction of sp³-hybridized carbons (Fsp3) is 0.188. The maximum absolute atomic E-state index is 14.4. The number of aryl methyl sites for hydroxylation is 1. The van der Waals surface area contributed by atoms with E-state index in [1.165, 1.54) is 7.11 Å². The second-order valence-electron chi connectivity index (χ2n) is 4.22. The molecule has 0 saturated carbocycles. The highest BCUT2D eigenvalue weighted by atomic mass is 19.1. The van der Waals surface area contributed by atoms with Crippen LogP contribution in [-0.2, 0) is 16.0 Å². The van der Waals surface area contributed by atoms with Crippen molar-refractivity contribution in [3.05, 3.63) is 59.9 Å². The van der Waals surface area contributed by atoms with Crippen molar-refractivity contribution < 1.29 is 13.9 Å². The summed E-state index contributed by atoms with van der Waals surface area (Å²) in [6, 6.07) is 14.6. The van der Waals surface area contributed by atoms with Crippen molar-refractivity contribution >= 4 is 5.97 Å². The maximum Gasteiger partial charge on any atom is 0.305 e. The van der Waals surface area contributed by atoms with Crippen molar-refractivity contribution in [3.8, 4) is 11.1 Å². The van der Waals surface area contributed by atoms with Crippen LogP contribution >= 0.6 is 0 Å². The van der Waals surface area contributed by atoms with E-state index >= 15 is 0 Å². The van der Waals surface area contributed by atoms with Gasteiger partial charge in [-0.15, -0.1) is 0 Å². The molecule has 0 aliphatic rings. The van der Waals surface area contributed by atoms with Gasteiger partial charge in [-0.3, -0.25) is 4.79 Å². The molecule has 0 amide bonds. The minimum atomic E-state index is -0.329. The first-order valence-electron chi connectivity index (χ1n) is 6.12. The summed E-state index contributed by atoms with van der Waals surface area (Å²) < 4.78 is 18.9. The van der Waals surface area contributed by atoms with Crippen molar-refractivity contribution in [1.29, 1.82) is 0 Å². The number of carbonyl (C=O) groups excluding carboxylic acids is 1. The summed E-state index contributed by atoms with van der Waals surface area (Å²) in [6.07, 6.45) is 0.533. The van der Waals surface area contributed by atoms with Crippen molar-refractivity contribution in [2.75, 3.05) is 7.11 Å². The molecule has 3 heteroatoms. The predicted molar refractivity (Wildman–Crippen MR) is 72.2 cm³/mol. The van der Waals surface area contributed by atoms with Crippen LogP contribution in [0.3, 0.4) is 0 Å². The molecule has 0 unspecified atom stereocenters. The Hall–Kier alpha value is -2.16. The third-order valence-corrected chi connectivity index (χ3v) is 2.99.